The molecule has 0 aromatic heterocycles. The number of carbonyl (C=O) groups excluding carboxylic acids is 1. The van der Waals surface area contributed by atoms with E-state index < -0.39 is 0 Å². The molecule has 3 heteroatoms. The predicted molar refractivity (Wildman–Crippen MR) is 39.7 cm³/mol. The maximum Gasteiger partial charge on any atom is 0.308 e. The van der Waals surface area contributed by atoms with Gasteiger partial charge in [-0.1, -0.05) is 0 Å². The van der Waals surface area contributed by atoms with E-state index in [4.69, 9.17) is 6.57 Å². The number of esters is 1. The lowest BCUT2D eigenvalue weighted by Gasteiger charge is -2.02. The topological polar surface area (TPSA) is 30.7 Å². The first-order chi connectivity index (χ1) is 5.27. The molecular weight excluding hydrogens is 142 g/mol. The van der Waals surface area contributed by atoms with Gasteiger partial charge in [0.2, 0.25) is 6.04 Å². The number of hydrogen-bond donors (Lipinski definition) is 0. The minimum absolute atomic E-state index is 0.0147. The number of rotatable bonds is 1. The van der Waals surface area contributed by atoms with Crippen molar-refractivity contribution in [2.24, 2.45) is 5.92 Å². The van der Waals surface area contributed by atoms with Crippen LogP contribution in [0.4, 0.5) is 0 Å². The zero-order chi connectivity index (χ0) is 8.27. The highest BCUT2D eigenvalue weighted by Crippen LogP contribution is 2.28. The molecule has 0 aromatic rings. The second-order valence-corrected chi connectivity index (χ2v) is 2.82. The molecule has 0 aliphatic heterocycles. The lowest BCUT2D eigenvalue weighted by atomic mass is 10.1. The van der Waals surface area contributed by atoms with Crippen molar-refractivity contribution in [2.75, 3.05) is 7.11 Å². The summed E-state index contributed by atoms with van der Waals surface area (Å²) in [6.07, 6.45) is 2.36. The van der Waals surface area contributed by atoms with E-state index in [1.165, 1.54) is 7.11 Å². The van der Waals surface area contributed by atoms with Crippen molar-refractivity contribution in [1.29, 1.82) is 0 Å². The van der Waals surface area contributed by atoms with Gasteiger partial charge >= 0.3 is 5.97 Å². The van der Waals surface area contributed by atoms with Gasteiger partial charge < -0.3 is 9.58 Å². The standard InChI is InChI=1S/C8H11NO2/c1-9-7-4-3-6(5-7)8(10)11-2/h6-7H,3-5H2,2H3/t6-,7+/m1/s1. The number of carbonyl (C=O) groups is 1. The van der Waals surface area contributed by atoms with Gasteiger partial charge in [-0.05, 0) is 6.42 Å². The Hall–Kier alpha value is -1.04. The van der Waals surface area contributed by atoms with Crippen LogP contribution in [0.1, 0.15) is 19.3 Å². The van der Waals surface area contributed by atoms with Crippen LogP contribution in [-0.2, 0) is 9.53 Å². The molecule has 11 heavy (non-hydrogen) atoms. The number of nitrogens with zero attached hydrogens (tertiary/aromatic N) is 1. The van der Waals surface area contributed by atoms with E-state index >= 15 is 0 Å². The van der Waals surface area contributed by atoms with Crippen molar-refractivity contribution in [2.45, 2.75) is 25.3 Å². The molecule has 1 aliphatic rings. The number of hydrogen-bond acceptors (Lipinski definition) is 2. The third-order valence-electron chi connectivity index (χ3n) is 2.12. The average molecular weight is 153 g/mol. The van der Waals surface area contributed by atoms with Gasteiger partial charge in [0.05, 0.1) is 13.0 Å². The Bertz CT molecular complexity index is 195. The summed E-state index contributed by atoms with van der Waals surface area (Å²) in [6.45, 7) is 6.76. The molecule has 0 radical (unpaired) electrons. The SMILES string of the molecule is [C-]#[N+][C@H]1CC[C@@H](C(=O)OC)C1. The normalized spacial score (nSPS) is 29.5. The van der Waals surface area contributed by atoms with Gasteiger partial charge in [-0.25, -0.2) is 6.57 Å². The molecule has 0 saturated heterocycles. The van der Waals surface area contributed by atoms with Crippen molar-refractivity contribution in [3.8, 4) is 0 Å². The van der Waals surface area contributed by atoms with Crippen LogP contribution in [-0.4, -0.2) is 19.1 Å². The van der Waals surface area contributed by atoms with Gasteiger partial charge in [0.1, 0.15) is 0 Å². The van der Waals surface area contributed by atoms with E-state index in [9.17, 15) is 4.79 Å². The van der Waals surface area contributed by atoms with E-state index in [-0.39, 0.29) is 17.9 Å². The Morgan fingerprint density at radius 1 is 1.64 bits per heavy atom. The van der Waals surface area contributed by atoms with E-state index in [1.807, 2.05) is 0 Å². The van der Waals surface area contributed by atoms with Gasteiger partial charge in [0.15, 0.2) is 0 Å². The fourth-order valence-electron chi connectivity index (χ4n) is 1.46. The molecule has 1 aliphatic carbocycles. The first-order valence-electron chi connectivity index (χ1n) is 3.72. The van der Waals surface area contributed by atoms with E-state index in [2.05, 4.69) is 9.58 Å². The van der Waals surface area contributed by atoms with Crippen LogP contribution in [0.3, 0.4) is 0 Å². The van der Waals surface area contributed by atoms with Crippen LogP contribution in [0.25, 0.3) is 4.85 Å². The van der Waals surface area contributed by atoms with Crippen LogP contribution in [0.2, 0.25) is 0 Å². The van der Waals surface area contributed by atoms with Gasteiger partial charge in [0, 0.05) is 12.8 Å². The molecule has 2 atom stereocenters. The highest BCUT2D eigenvalue weighted by Gasteiger charge is 2.33. The van der Waals surface area contributed by atoms with Crippen molar-refractivity contribution in [1.82, 2.24) is 0 Å². The van der Waals surface area contributed by atoms with Crippen molar-refractivity contribution in [3.05, 3.63) is 11.4 Å². The highest BCUT2D eigenvalue weighted by molar-refractivity contribution is 5.72. The second kappa shape index (κ2) is 3.38. The molecule has 1 saturated carbocycles. The lowest BCUT2D eigenvalue weighted by Crippen LogP contribution is -2.13. The highest BCUT2D eigenvalue weighted by atomic mass is 16.5. The predicted octanol–water partition coefficient (Wildman–Crippen LogP) is 1.25. The zero-order valence-electron chi connectivity index (χ0n) is 6.54. The molecule has 1 fully saturated rings. The fourth-order valence-corrected chi connectivity index (χ4v) is 1.46. The quantitative estimate of drug-likeness (QED) is 0.419. The molecule has 60 valence electrons. The fraction of sp³-hybridized carbons (Fsp3) is 0.750. The van der Waals surface area contributed by atoms with Crippen LogP contribution in [0, 0.1) is 12.5 Å². The van der Waals surface area contributed by atoms with E-state index in [0.717, 1.165) is 12.8 Å². The summed E-state index contributed by atoms with van der Waals surface area (Å²) in [7, 11) is 1.40. The third-order valence-corrected chi connectivity index (χ3v) is 2.12. The Labute approximate surface area is 66.2 Å². The first kappa shape index (κ1) is 8.06. The van der Waals surface area contributed by atoms with E-state index in [1.54, 1.807) is 0 Å². The van der Waals surface area contributed by atoms with E-state index in [0.29, 0.717) is 6.42 Å². The lowest BCUT2D eigenvalue weighted by molar-refractivity contribution is -0.145. The Morgan fingerprint density at radius 2 is 2.36 bits per heavy atom. The molecule has 0 spiro atoms. The van der Waals surface area contributed by atoms with Crippen molar-refractivity contribution >= 4 is 5.97 Å². The van der Waals surface area contributed by atoms with Crippen LogP contribution in [0.5, 0.6) is 0 Å². The van der Waals surface area contributed by atoms with Gasteiger partial charge in [-0.3, -0.25) is 4.79 Å². The summed E-state index contributed by atoms with van der Waals surface area (Å²) >= 11 is 0. The third kappa shape index (κ3) is 1.70. The Balaban J connectivity index is 2.43. The number of methoxy groups -OCH3 is 1. The maximum absolute atomic E-state index is 11.0. The minimum Gasteiger partial charge on any atom is -0.469 e. The molecule has 0 bridgehead atoms. The van der Waals surface area contributed by atoms with Crippen LogP contribution >= 0.6 is 0 Å². The maximum atomic E-state index is 11.0. The second-order valence-electron chi connectivity index (χ2n) is 2.82. The summed E-state index contributed by atoms with van der Waals surface area (Å²) in [5.41, 5.74) is 0. The molecule has 3 nitrogen and oxygen atoms in total. The van der Waals surface area contributed by atoms with Crippen LogP contribution < -0.4 is 0 Å². The Kier molecular flexibility index (Phi) is 2.48. The minimum atomic E-state index is -0.156. The van der Waals surface area contributed by atoms with Gasteiger partial charge in [-0.2, -0.15) is 0 Å². The van der Waals surface area contributed by atoms with Crippen LogP contribution in [0.15, 0.2) is 0 Å². The molecule has 0 heterocycles. The summed E-state index contributed by atoms with van der Waals surface area (Å²) < 4.78 is 4.59. The molecule has 0 aromatic carbocycles. The summed E-state index contributed by atoms with van der Waals surface area (Å²) in [5, 5.41) is 0. The zero-order valence-corrected chi connectivity index (χ0v) is 6.54. The monoisotopic (exact) mass is 153 g/mol. The van der Waals surface area contributed by atoms with Crippen molar-refractivity contribution < 1.29 is 9.53 Å². The summed E-state index contributed by atoms with van der Waals surface area (Å²) in [5.74, 6) is -0.171. The first-order valence-corrected chi connectivity index (χ1v) is 3.72. The molecule has 0 unspecified atom stereocenters. The smallest absolute Gasteiger partial charge is 0.308 e. The van der Waals surface area contributed by atoms with Crippen molar-refractivity contribution in [3.63, 3.8) is 0 Å². The van der Waals surface area contributed by atoms with Gasteiger partial charge in [0.25, 0.3) is 0 Å². The average Bonchev–Trinajstić information content (AvgIpc) is 2.50. The number of ether oxygens (including phenoxy) is 1. The summed E-state index contributed by atoms with van der Waals surface area (Å²) in [6, 6.07) is 0.0547. The molecule has 0 amide bonds. The van der Waals surface area contributed by atoms with Gasteiger partial charge in [-0.15, -0.1) is 0 Å². The molecule has 1 rings (SSSR count). The Morgan fingerprint density at radius 3 is 2.82 bits per heavy atom. The molecular formula is C8H11NO2. The summed E-state index contributed by atoms with van der Waals surface area (Å²) in [4.78, 5) is 14.3. The molecule has 0 N–H and O–H groups in total. The largest absolute Gasteiger partial charge is 0.469 e.